The largest absolute Gasteiger partial charge is 0.456 e. The van der Waals surface area contributed by atoms with Gasteiger partial charge in [0.1, 0.15) is 11.5 Å². The molecule has 0 fully saturated rings. The summed E-state index contributed by atoms with van der Waals surface area (Å²) in [6.07, 6.45) is 1.53. The van der Waals surface area contributed by atoms with Crippen LogP contribution >= 0.6 is 15.9 Å². The van der Waals surface area contributed by atoms with Gasteiger partial charge in [-0.1, -0.05) is 28.1 Å². The molecule has 1 heterocycles. The molecule has 0 unspecified atom stereocenters. The molecule has 0 saturated carbocycles. The Morgan fingerprint density at radius 1 is 1.15 bits per heavy atom. The first-order valence-corrected chi connectivity index (χ1v) is 8.47. The molecular weight excluding hydrogens is 410 g/mol. The van der Waals surface area contributed by atoms with Gasteiger partial charge in [-0.05, 0) is 48.0 Å². The van der Waals surface area contributed by atoms with E-state index in [-0.39, 0.29) is 5.69 Å². The maximum Gasteiger partial charge on any atom is 0.281 e. The number of furan rings is 1. The topological polar surface area (TPSA) is 104 Å². The lowest BCUT2D eigenvalue weighted by Crippen LogP contribution is -1.91. The molecule has 0 aliphatic rings. The number of halogens is 1. The van der Waals surface area contributed by atoms with Crippen molar-refractivity contribution in [3.8, 4) is 23.5 Å². The summed E-state index contributed by atoms with van der Waals surface area (Å²) in [6.45, 7) is 0. The molecule has 130 valence electrons. The van der Waals surface area contributed by atoms with Crippen LogP contribution in [0.1, 0.15) is 16.9 Å². The highest BCUT2D eigenvalue weighted by molar-refractivity contribution is 9.10. The molecule has 0 amide bonds. The molecule has 2 aromatic carbocycles. The molecular formula is C20H10BrN3O3. The zero-order chi connectivity index (χ0) is 19.4. The van der Waals surface area contributed by atoms with Crippen molar-refractivity contribution in [1.29, 1.82) is 10.5 Å². The number of rotatable bonds is 4. The van der Waals surface area contributed by atoms with E-state index < -0.39 is 4.92 Å². The van der Waals surface area contributed by atoms with E-state index in [4.69, 9.17) is 9.68 Å². The lowest BCUT2D eigenvalue weighted by atomic mass is 10.0. The lowest BCUT2D eigenvalue weighted by molar-refractivity contribution is -0.384. The van der Waals surface area contributed by atoms with E-state index in [1.807, 2.05) is 6.07 Å². The summed E-state index contributed by atoms with van der Waals surface area (Å²) in [6, 6.07) is 18.7. The van der Waals surface area contributed by atoms with Crippen molar-refractivity contribution in [3.05, 3.63) is 86.1 Å². The van der Waals surface area contributed by atoms with Gasteiger partial charge in [0.05, 0.1) is 33.8 Å². The number of nitro groups is 1. The van der Waals surface area contributed by atoms with Crippen LogP contribution in [0.3, 0.4) is 0 Å². The normalized spacial score (nSPS) is 10.9. The second kappa shape index (κ2) is 7.69. The van der Waals surface area contributed by atoms with Crippen molar-refractivity contribution >= 4 is 33.3 Å². The van der Waals surface area contributed by atoms with Crippen LogP contribution in [0, 0.1) is 32.8 Å². The molecule has 0 atom stereocenters. The number of allylic oxidation sites excluding steroid dienone is 1. The number of nitro benzene ring substituents is 1. The SMILES string of the molecule is N#C/C(=C/c1ccc(-c2ccc(Br)cc2[N+](=O)[O-])o1)c1cccc(C#N)c1. The minimum Gasteiger partial charge on any atom is -0.456 e. The molecule has 3 aromatic rings. The van der Waals surface area contributed by atoms with Crippen molar-refractivity contribution in [2.24, 2.45) is 0 Å². The van der Waals surface area contributed by atoms with Crippen molar-refractivity contribution in [2.75, 3.05) is 0 Å². The summed E-state index contributed by atoms with van der Waals surface area (Å²) in [5.41, 5.74) is 1.60. The fourth-order valence-corrected chi connectivity index (χ4v) is 2.87. The summed E-state index contributed by atoms with van der Waals surface area (Å²) in [7, 11) is 0. The van der Waals surface area contributed by atoms with Gasteiger partial charge in [0.2, 0.25) is 0 Å². The molecule has 0 saturated heterocycles. The Balaban J connectivity index is 2.01. The van der Waals surface area contributed by atoms with Crippen LogP contribution in [0.15, 0.2) is 63.5 Å². The fourth-order valence-electron chi connectivity index (χ4n) is 2.52. The van der Waals surface area contributed by atoms with E-state index in [1.54, 1.807) is 48.5 Å². The molecule has 0 bridgehead atoms. The maximum atomic E-state index is 11.3. The molecule has 0 aliphatic heterocycles. The zero-order valence-electron chi connectivity index (χ0n) is 13.7. The highest BCUT2D eigenvalue weighted by Crippen LogP contribution is 2.34. The van der Waals surface area contributed by atoms with Crippen LogP contribution in [0.25, 0.3) is 23.0 Å². The van der Waals surface area contributed by atoms with Gasteiger partial charge in [-0.3, -0.25) is 10.1 Å². The zero-order valence-corrected chi connectivity index (χ0v) is 15.3. The first-order valence-electron chi connectivity index (χ1n) is 7.68. The summed E-state index contributed by atoms with van der Waals surface area (Å²) >= 11 is 3.22. The highest BCUT2D eigenvalue weighted by Gasteiger charge is 2.18. The van der Waals surface area contributed by atoms with E-state index in [0.717, 1.165) is 0 Å². The van der Waals surface area contributed by atoms with Crippen molar-refractivity contribution in [1.82, 2.24) is 0 Å². The van der Waals surface area contributed by atoms with Crippen molar-refractivity contribution < 1.29 is 9.34 Å². The van der Waals surface area contributed by atoms with E-state index in [9.17, 15) is 15.4 Å². The van der Waals surface area contributed by atoms with Crippen LogP contribution in [-0.2, 0) is 0 Å². The molecule has 1 aromatic heterocycles. The Bertz CT molecular complexity index is 1150. The van der Waals surface area contributed by atoms with E-state index in [0.29, 0.717) is 38.3 Å². The van der Waals surface area contributed by atoms with Gasteiger partial charge < -0.3 is 4.42 Å². The molecule has 0 radical (unpaired) electrons. The van der Waals surface area contributed by atoms with Crippen LogP contribution in [0.5, 0.6) is 0 Å². The number of hydrogen-bond acceptors (Lipinski definition) is 5. The van der Waals surface area contributed by atoms with Gasteiger partial charge in [0.25, 0.3) is 5.69 Å². The monoisotopic (exact) mass is 419 g/mol. The molecule has 3 rings (SSSR count). The summed E-state index contributed by atoms with van der Waals surface area (Å²) in [5.74, 6) is 0.699. The molecule has 0 aliphatic carbocycles. The maximum absolute atomic E-state index is 11.3. The Hall–Kier alpha value is -3.68. The van der Waals surface area contributed by atoms with Gasteiger partial charge in [-0.25, -0.2) is 0 Å². The first kappa shape index (κ1) is 18.1. The lowest BCUT2D eigenvalue weighted by Gasteiger charge is -2.01. The van der Waals surface area contributed by atoms with Crippen LogP contribution in [-0.4, -0.2) is 4.92 Å². The molecule has 0 N–H and O–H groups in total. The average Bonchev–Trinajstić information content (AvgIpc) is 3.14. The quantitative estimate of drug-likeness (QED) is 0.313. The van der Waals surface area contributed by atoms with Crippen LogP contribution < -0.4 is 0 Å². The smallest absolute Gasteiger partial charge is 0.281 e. The molecule has 6 nitrogen and oxygen atoms in total. The summed E-state index contributed by atoms with van der Waals surface area (Å²) < 4.78 is 6.29. The third-order valence-electron chi connectivity index (χ3n) is 3.76. The second-order valence-electron chi connectivity index (χ2n) is 5.48. The van der Waals surface area contributed by atoms with Crippen LogP contribution in [0.2, 0.25) is 0 Å². The second-order valence-corrected chi connectivity index (χ2v) is 6.40. The fraction of sp³-hybridized carbons (Fsp3) is 0. The van der Waals surface area contributed by atoms with Gasteiger partial charge in [-0.2, -0.15) is 10.5 Å². The summed E-state index contributed by atoms with van der Waals surface area (Å²) in [5, 5.41) is 29.7. The highest BCUT2D eigenvalue weighted by atomic mass is 79.9. The Morgan fingerprint density at radius 2 is 1.96 bits per heavy atom. The Morgan fingerprint density at radius 3 is 2.67 bits per heavy atom. The predicted molar refractivity (Wildman–Crippen MR) is 103 cm³/mol. The van der Waals surface area contributed by atoms with Crippen molar-refractivity contribution in [2.45, 2.75) is 0 Å². The van der Waals surface area contributed by atoms with E-state index >= 15 is 0 Å². The third-order valence-corrected chi connectivity index (χ3v) is 4.25. The number of hydrogen-bond donors (Lipinski definition) is 0. The number of benzene rings is 2. The summed E-state index contributed by atoms with van der Waals surface area (Å²) in [4.78, 5) is 10.8. The first-order chi connectivity index (χ1) is 13.0. The van der Waals surface area contributed by atoms with E-state index in [1.165, 1.54) is 12.1 Å². The van der Waals surface area contributed by atoms with Gasteiger partial charge in [-0.15, -0.1) is 0 Å². The Labute approximate surface area is 162 Å². The predicted octanol–water partition coefficient (Wildman–Crippen LogP) is 5.55. The standard InChI is InChI=1S/C20H10BrN3O3/c21-16-4-6-18(19(10-16)24(25)26)20-7-5-17(27-20)9-15(12-23)14-3-1-2-13(8-14)11-22/h1-10H/b15-9-. The van der Waals surface area contributed by atoms with E-state index in [2.05, 4.69) is 22.0 Å². The van der Waals surface area contributed by atoms with Crippen molar-refractivity contribution in [3.63, 3.8) is 0 Å². The average molecular weight is 420 g/mol. The molecule has 0 spiro atoms. The third kappa shape index (κ3) is 3.95. The molecule has 27 heavy (non-hydrogen) atoms. The minimum absolute atomic E-state index is 0.0866. The Kier molecular flexibility index (Phi) is 5.16. The van der Waals surface area contributed by atoms with Gasteiger partial charge in [0.15, 0.2) is 0 Å². The molecule has 7 heteroatoms. The van der Waals surface area contributed by atoms with Crippen LogP contribution in [0.4, 0.5) is 5.69 Å². The van der Waals surface area contributed by atoms with Gasteiger partial charge >= 0.3 is 0 Å². The minimum atomic E-state index is -0.480. The van der Waals surface area contributed by atoms with Gasteiger partial charge in [0, 0.05) is 10.5 Å². The number of nitriles is 2. The number of nitrogens with zero attached hydrogens (tertiary/aromatic N) is 3.